The number of nitrogens with zero attached hydrogens (tertiary/aromatic N) is 4. The van der Waals surface area contributed by atoms with Gasteiger partial charge in [0.15, 0.2) is 0 Å². The monoisotopic (exact) mass is 475 g/mol. The van der Waals surface area contributed by atoms with Gasteiger partial charge in [0.1, 0.15) is 11.2 Å². The molecule has 1 aliphatic carbocycles. The number of carbonyl (C=O) groups excluding carboxylic acids is 1. The van der Waals surface area contributed by atoms with E-state index in [4.69, 9.17) is 0 Å². The minimum Gasteiger partial charge on any atom is -0.477 e. The Bertz CT molecular complexity index is 1320. The summed E-state index contributed by atoms with van der Waals surface area (Å²) in [6.07, 6.45) is 8.75. The number of likely N-dealkylation sites (tertiary alicyclic amines) is 1. The molecule has 2 N–H and O–H groups in total. The maximum Gasteiger partial charge on any atom is 0.341 e. The third-order valence-corrected chi connectivity index (χ3v) is 7.30. The van der Waals surface area contributed by atoms with Crippen molar-refractivity contribution < 1.29 is 14.7 Å². The molecule has 1 aromatic carbocycles. The molecule has 182 valence electrons. The molecule has 0 bridgehead atoms. The van der Waals surface area contributed by atoms with Gasteiger partial charge in [0.2, 0.25) is 17.3 Å². The van der Waals surface area contributed by atoms with Gasteiger partial charge in [-0.3, -0.25) is 9.59 Å². The molecule has 0 unspecified atom stereocenters. The summed E-state index contributed by atoms with van der Waals surface area (Å²) in [7, 11) is 0. The first-order valence-electron chi connectivity index (χ1n) is 12.2. The molecule has 3 heterocycles. The number of carboxylic acid groups (broad SMARTS) is 1. The summed E-state index contributed by atoms with van der Waals surface area (Å²) in [6, 6.07) is 8.26. The maximum absolute atomic E-state index is 12.7. The van der Waals surface area contributed by atoms with Crippen molar-refractivity contribution in [2.75, 3.05) is 18.4 Å². The Hall–Kier alpha value is -3.75. The van der Waals surface area contributed by atoms with E-state index in [1.165, 1.54) is 18.0 Å². The van der Waals surface area contributed by atoms with Gasteiger partial charge in [0.25, 0.3) is 0 Å². The van der Waals surface area contributed by atoms with Gasteiger partial charge >= 0.3 is 5.97 Å². The fraction of sp³-hybridized carbons (Fsp3) is 0.423. The smallest absolute Gasteiger partial charge is 0.341 e. The number of carbonyl (C=O) groups is 2. The predicted octanol–water partition coefficient (Wildman–Crippen LogP) is 4.07. The third-order valence-electron chi connectivity index (χ3n) is 7.30. The SMILES string of the molecule is CC(=O)N1CCC(c2ccc(Nc3ncc4c(=O)c(C(=O)O)cn(C5CCCC5)c4n3)cc2)CC1. The van der Waals surface area contributed by atoms with Crippen LogP contribution in [0.25, 0.3) is 11.0 Å². The van der Waals surface area contributed by atoms with Crippen LogP contribution in [0.5, 0.6) is 0 Å². The number of carboxylic acids is 1. The van der Waals surface area contributed by atoms with Gasteiger partial charge in [0, 0.05) is 44.1 Å². The Morgan fingerprint density at radius 1 is 1.06 bits per heavy atom. The highest BCUT2D eigenvalue weighted by molar-refractivity contribution is 5.91. The molecule has 2 aromatic heterocycles. The average molecular weight is 476 g/mol. The van der Waals surface area contributed by atoms with E-state index in [2.05, 4.69) is 27.4 Å². The van der Waals surface area contributed by atoms with Crippen molar-refractivity contribution >= 4 is 34.5 Å². The second-order valence-electron chi connectivity index (χ2n) is 9.48. The number of aromatic carboxylic acids is 1. The first kappa shape index (κ1) is 23.0. The van der Waals surface area contributed by atoms with Crippen LogP contribution in [0.15, 0.2) is 41.5 Å². The van der Waals surface area contributed by atoms with Crippen LogP contribution in [-0.2, 0) is 4.79 Å². The minimum absolute atomic E-state index is 0.118. The van der Waals surface area contributed by atoms with Gasteiger partial charge in [-0.15, -0.1) is 0 Å². The van der Waals surface area contributed by atoms with Gasteiger partial charge in [-0.25, -0.2) is 9.78 Å². The van der Waals surface area contributed by atoms with E-state index in [0.29, 0.717) is 17.5 Å². The van der Waals surface area contributed by atoms with Crippen molar-refractivity contribution in [3.63, 3.8) is 0 Å². The summed E-state index contributed by atoms with van der Waals surface area (Å²) in [5.41, 5.74) is 1.71. The zero-order valence-electron chi connectivity index (χ0n) is 19.7. The van der Waals surface area contributed by atoms with Crippen LogP contribution in [0.3, 0.4) is 0 Å². The summed E-state index contributed by atoms with van der Waals surface area (Å²) in [5, 5.41) is 12.9. The lowest BCUT2D eigenvalue weighted by molar-refractivity contribution is -0.129. The third kappa shape index (κ3) is 4.62. The fourth-order valence-corrected chi connectivity index (χ4v) is 5.30. The molecule has 1 aliphatic heterocycles. The Balaban J connectivity index is 1.39. The topological polar surface area (TPSA) is 117 Å². The number of pyridine rings is 1. The first-order valence-corrected chi connectivity index (χ1v) is 12.2. The standard InChI is InChI=1S/C26H29N5O4/c1-16(32)30-12-10-18(11-13-30)17-6-8-19(9-7-17)28-26-27-14-21-23(33)22(25(34)35)15-31(24(21)29-26)20-4-2-3-5-20/h6-9,14-15,18,20H,2-5,10-13H2,1H3,(H,34,35)(H,27,28,29). The number of fused-ring (bicyclic) bond motifs is 1. The van der Waals surface area contributed by atoms with Crippen LogP contribution in [0.1, 0.15) is 73.3 Å². The minimum atomic E-state index is -1.24. The maximum atomic E-state index is 12.7. The average Bonchev–Trinajstić information content (AvgIpc) is 3.39. The molecule has 2 aliphatic rings. The molecule has 9 heteroatoms. The van der Waals surface area contributed by atoms with Crippen molar-refractivity contribution in [1.29, 1.82) is 0 Å². The van der Waals surface area contributed by atoms with E-state index in [9.17, 15) is 19.5 Å². The van der Waals surface area contributed by atoms with Crippen LogP contribution in [0.2, 0.25) is 0 Å². The lowest BCUT2D eigenvalue weighted by Crippen LogP contribution is -2.36. The number of hydrogen-bond acceptors (Lipinski definition) is 6. The van der Waals surface area contributed by atoms with Crippen molar-refractivity contribution in [1.82, 2.24) is 19.4 Å². The highest BCUT2D eigenvalue weighted by atomic mass is 16.4. The lowest BCUT2D eigenvalue weighted by Gasteiger charge is -2.31. The Kier molecular flexibility index (Phi) is 6.23. The molecule has 35 heavy (non-hydrogen) atoms. The number of benzene rings is 1. The quantitative estimate of drug-likeness (QED) is 0.571. The predicted molar refractivity (Wildman–Crippen MR) is 132 cm³/mol. The van der Waals surface area contributed by atoms with E-state index in [-0.39, 0.29) is 22.9 Å². The van der Waals surface area contributed by atoms with Crippen LogP contribution < -0.4 is 10.7 Å². The van der Waals surface area contributed by atoms with Gasteiger partial charge < -0.3 is 19.9 Å². The Morgan fingerprint density at radius 3 is 2.37 bits per heavy atom. The number of amides is 1. The number of rotatable bonds is 5. The summed E-state index contributed by atoms with van der Waals surface area (Å²) in [6.45, 7) is 3.20. The molecule has 0 spiro atoms. The van der Waals surface area contributed by atoms with Gasteiger partial charge in [-0.1, -0.05) is 25.0 Å². The number of piperidine rings is 1. The first-order chi connectivity index (χ1) is 16.9. The lowest BCUT2D eigenvalue weighted by atomic mass is 9.89. The van der Waals surface area contributed by atoms with Crippen LogP contribution >= 0.6 is 0 Å². The summed E-state index contributed by atoms with van der Waals surface area (Å²) >= 11 is 0. The summed E-state index contributed by atoms with van der Waals surface area (Å²) in [5.74, 6) is -0.316. The van der Waals surface area contributed by atoms with Crippen molar-refractivity contribution in [3.8, 4) is 0 Å². The molecule has 0 radical (unpaired) electrons. The molecule has 3 aromatic rings. The van der Waals surface area contributed by atoms with Crippen LogP contribution in [-0.4, -0.2) is 49.5 Å². The molecule has 1 amide bonds. The number of hydrogen-bond donors (Lipinski definition) is 2. The van der Waals surface area contributed by atoms with E-state index in [1.807, 2.05) is 21.6 Å². The van der Waals surface area contributed by atoms with Gasteiger partial charge in [-0.05, 0) is 49.3 Å². The normalized spacial score (nSPS) is 17.1. The highest BCUT2D eigenvalue weighted by Crippen LogP contribution is 2.32. The second kappa shape index (κ2) is 9.48. The van der Waals surface area contributed by atoms with Gasteiger partial charge in [0.05, 0.1) is 5.39 Å². The van der Waals surface area contributed by atoms with Crippen molar-refractivity contribution in [2.24, 2.45) is 0 Å². The summed E-state index contributed by atoms with van der Waals surface area (Å²) < 4.78 is 1.84. The van der Waals surface area contributed by atoms with Crippen LogP contribution in [0.4, 0.5) is 11.6 Å². The Labute approximate surface area is 202 Å². The number of anilines is 2. The molecule has 1 saturated heterocycles. The van der Waals surface area contributed by atoms with Crippen molar-refractivity contribution in [2.45, 2.75) is 57.4 Å². The highest BCUT2D eigenvalue weighted by Gasteiger charge is 2.24. The molecular formula is C26H29N5O4. The molecule has 1 saturated carbocycles. The van der Waals surface area contributed by atoms with E-state index < -0.39 is 11.4 Å². The van der Waals surface area contributed by atoms with Gasteiger partial charge in [-0.2, -0.15) is 4.98 Å². The zero-order valence-corrected chi connectivity index (χ0v) is 19.7. The number of aromatic nitrogens is 3. The molecule has 0 atom stereocenters. The molecular weight excluding hydrogens is 446 g/mol. The van der Waals surface area contributed by atoms with E-state index in [1.54, 1.807) is 6.92 Å². The second-order valence-corrected chi connectivity index (χ2v) is 9.48. The molecule has 5 rings (SSSR count). The summed E-state index contributed by atoms with van der Waals surface area (Å²) in [4.78, 5) is 46.8. The number of nitrogens with one attached hydrogen (secondary N) is 1. The molecule has 9 nitrogen and oxygen atoms in total. The molecule has 2 fully saturated rings. The zero-order chi connectivity index (χ0) is 24.5. The largest absolute Gasteiger partial charge is 0.477 e. The van der Waals surface area contributed by atoms with Crippen molar-refractivity contribution in [3.05, 3.63) is 58.0 Å². The van der Waals surface area contributed by atoms with E-state index >= 15 is 0 Å². The fourth-order valence-electron chi connectivity index (χ4n) is 5.30. The Morgan fingerprint density at radius 2 is 1.74 bits per heavy atom. The van der Waals surface area contributed by atoms with E-state index in [0.717, 1.165) is 57.3 Å². The van der Waals surface area contributed by atoms with Crippen LogP contribution in [0, 0.1) is 0 Å².